The normalized spacial score (nSPS) is 21.5. The van der Waals surface area contributed by atoms with Gasteiger partial charge >= 0.3 is 5.97 Å². The summed E-state index contributed by atoms with van der Waals surface area (Å²) in [4.78, 5) is 72.8. The Kier molecular flexibility index (Phi) is 14.8. The van der Waals surface area contributed by atoms with Gasteiger partial charge in [-0.1, -0.05) is 71.0 Å². The van der Waals surface area contributed by atoms with E-state index in [0.717, 1.165) is 43.9 Å². The maximum Gasteiger partial charge on any atom is 0.355 e. The van der Waals surface area contributed by atoms with E-state index in [4.69, 9.17) is 9.47 Å². The third-order valence-electron chi connectivity index (χ3n) is 13.6. The fourth-order valence-corrected chi connectivity index (χ4v) is 10.3. The van der Waals surface area contributed by atoms with Crippen molar-refractivity contribution < 1.29 is 43.7 Å². The molecule has 1 aromatic heterocycles. The summed E-state index contributed by atoms with van der Waals surface area (Å²) in [5.41, 5.74) is 7.28. The third-order valence-corrected chi connectivity index (χ3v) is 13.6. The van der Waals surface area contributed by atoms with Crippen LogP contribution in [0.3, 0.4) is 0 Å². The zero-order valence-electron chi connectivity index (χ0n) is 40.3. The van der Waals surface area contributed by atoms with E-state index in [1.165, 1.54) is 4.90 Å². The molecule has 3 aliphatic heterocycles. The molecule has 3 aliphatic rings. The van der Waals surface area contributed by atoms with Crippen molar-refractivity contribution in [2.75, 3.05) is 47.0 Å². The number of phenolic OH excluding ortho intramolecular Hbond substituents is 1. The van der Waals surface area contributed by atoms with E-state index >= 15 is 0 Å². The molecule has 4 atom stereocenters. The van der Waals surface area contributed by atoms with Crippen LogP contribution in [-0.4, -0.2) is 124 Å². The standard InChI is InChI=1S/C52H68N6O9/c1-9-44(60)56-22-18-36(30-56)48(62)55(7)45(32(3)4)47(61)53-42-26-33-24-37(27-38(59)25-33)35-16-17-43-40(28-35)41(46(57(43)10-2)39-15-12-11-14-34(39)19-23-66-8)29-51(5,6)31-67-50(64)52(65)20-13-21-58(54-52)49(42)63/h11-12,14-17,24-25,27-28,32,36,42,45,54,59,65H,9-10,13,18-23,26,29-31H2,1-8H3,(H,53,61)/t36-,42-,45-,52-/m0/s1. The number of esters is 1. The summed E-state index contributed by atoms with van der Waals surface area (Å²) < 4.78 is 13.8. The zero-order chi connectivity index (χ0) is 48.4. The number of hydrogen-bond donors (Lipinski definition) is 4. The molecule has 4 amide bonds. The highest BCUT2D eigenvalue weighted by Crippen LogP contribution is 2.42. The first-order valence-corrected chi connectivity index (χ1v) is 23.8. The van der Waals surface area contributed by atoms with Crippen molar-refractivity contribution in [1.82, 2.24) is 30.1 Å². The fourth-order valence-electron chi connectivity index (χ4n) is 10.3. The van der Waals surface area contributed by atoms with Gasteiger partial charge in [-0.25, -0.2) is 4.79 Å². The number of aromatic hydroxyl groups is 1. The summed E-state index contributed by atoms with van der Waals surface area (Å²) in [6.07, 6.45) is 2.16. The molecule has 0 spiro atoms. The first-order valence-electron chi connectivity index (χ1n) is 23.8. The Hall–Kier alpha value is -5.77. The highest BCUT2D eigenvalue weighted by Gasteiger charge is 2.46. The maximum atomic E-state index is 14.8. The van der Waals surface area contributed by atoms with Gasteiger partial charge in [0.1, 0.15) is 17.8 Å². The Morgan fingerprint density at radius 2 is 1.79 bits per heavy atom. The van der Waals surface area contributed by atoms with E-state index in [-0.39, 0.29) is 62.4 Å². The first kappa shape index (κ1) is 49.1. The van der Waals surface area contributed by atoms with E-state index < -0.39 is 46.9 Å². The predicted molar refractivity (Wildman–Crippen MR) is 255 cm³/mol. The minimum atomic E-state index is -2.25. The highest BCUT2D eigenvalue weighted by molar-refractivity contribution is 5.96. The molecule has 15 nitrogen and oxygen atoms in total. The van der Waals surface area contributed by atoms with Crippen LogP contribution < -0.4 is 10.7 Å². The van der Waals surface area contributed by atoms with Crippen molar-refractivity contribution in [3.05, 3.63) is 77.4 Å². The number of carbonyl (C=O) groups excluding carboxylic acids is 5. The van der Waals surface area contributed by atoms with Crippen LogP contribution in [0.4, 0.5) is 0 Å². The van der Waals surface area contributed by atoms with Crippen LogP contribution in [0, 0.1) is 17.3 Å². The number of likely N-dealkylation sites (tertiary alicyclic amines) is 1. The fraction of sp³-hybridized carbons (Fsp3) is 0.519. The molecule has 0 aliphatic carbocycles. The van der Waals surface area contributed by atoms with E-state index in [1.54, 1.807) is 38.1 Å². The number of nitrogens with zero attached hydrogens (tertiary/aromatic N) is 4. The second-order valence-electron chi connectivity index (χ2n) is 19.7. The minimum Gasteiger partial charge on any atom is -0.508 e. The Labute approximate surface area is 393 Å². The van der Waals surface area contributed by atoms with Crippen LogP contribution in [0.1, 0.15) is 83.9 Å². The molecular weight excluding hydrogens is 853 g/mol. The molecule has 7 rings (SSSR count). The first-order chi connectivity index (χ1) is 31.9. The number of aliphatic hydroxyl groups is 1. The lowest BCUT2D eigenvalue weighted by atomic mass is 9.83. The molecule has 3 aromatic carbocycles. The number of cyclic esters (lactones) is 1. The van der Waals surface area contributed by atoms with E-state index in [1.807, 2.05) is 52.0 Å². The van der Waals surface area contributed by atoms with E-state index in [9.17, 15) is 34.2 Å². The molecule has 0 radical (unpaired) electrons. The number of benzene rings is 3. The van der Waals surface area contributed by atoms with Gasteiger partial charge in [0.05, 0.1) is 24.8 Å². The van der Waals surface area contributed by atoms with Crippen LogP contribution in [0.25, 0.3) is 33.3 Å². The number of amides is 4. The number of aromatic nitrogens is 1. The molecule has 2 saturated heterocycles. The van der Waals surface area contributed by atoms with Crippen molar-refractivity contribution >= 4 is 40.5 Å². The number of carbonyl (C=O) groups is 5. The van der Waals surface area contributed by atoms with Gasteiger partial charge in [0.25, 0.3) is 5.91 Å². The summed E-state index contributed by atoms with van der Waals surface area (Å²) in [6, 6.07) is 17.4. The maximum absolute atomic E-state index is 14.8. The Morgan fingerprint density at radius 3 is 2.51 bits per heavy atom. The summed E-state index contributed by atoms with van der Waals surface area (Å²) in [5.74, 6) is -3.30. The number of fused-ring (bicyclic) bond motifs is 6. The molecule has 15 heteroatoms. The quantitative estimate of drug-likeness (QED) is 0.138. The second-order valence-corrected chi connectivity index (χ2v) is 19.7. The van der Waals surface area contributed by atoms with Gasteiger partial charge in [-0.15, -0.1) is 0 Å². The molecule has 4 heterocycles. The summed E-state index contributed by atoms with van der Waals surface area (Å²) >= 11 is 0. The molecule has 4 aromatic rings. The Morgan fingerprint density at radius 1 is 1.03 bits per heavy atom. The van der Waals surface area contributed by atoms with Gasteiger partial charge in [-0.2, -0.15) is 5.43 Å². The number of rotatable bonds is 11. The number of hydrazine groups is 1. The summed E-state index contributed by atoms with van der Waals surface area (Å²) in [5, 5.41) is 28.3. The zero-order valence-corrected chi connectivity index (χ0v) is 40.3. The number of nitrogens with one attached hydrogen (secondary N) is 2. The smallest absolute Gasteiger partial charge is 0.355 e. The van der Waals surface area contributed by atoms with Gasteiger partial charge in [0, 0.05) is 81.5 Å². The van der Waals surface area contributed by atoms with Gasteiger partial charge in [0.15, 0.2) is 0 Å². The van der Waals surface area contributed by atoms with Crippen molar-refractivity contribution in [3.8, 4) is 28.1 Å². The average Bonchev–Trinajstić information content (AvgIpc) is 3.91. The topological polar surface area (TPSA) is 183 Å². The van der Waals surface area contributed by atoms with E-state index in [2.05, 4.69) is 46.5 Å². The molecule has 0 unspecified atom stereocenters. The Bertz CT molecular complexity index is 2520. The SMILES string of the molecule is CCC(=O)N1CC[C@H](C(=O)N(C)[C@H](C(=O)N[C@H]2Cc3cc(O)cc(c3)-c3ccc4c(c3)c(c(-c3ccccc3CCOC)n4CC)CC(C)(C)COC(=O)[C@@]3(O)CCCN(N3)C2=O)C(C)C)C1. The lowest BCUT2D eigenvalue weighted by Crippen LogP contribution is -2.67. The number of hydrogen-bond acceptors (Lipinski definition) is 10. The lowest BCUT2D eigenvalue weighted by Gasteiger charge is -2.40. The number of aryl methyl sites for hydroxylation is 1. The van der Waals surface area contributed by atoms with Gasteiger partial charge in [-0.3, -0.25) is 24.2 Å². The van der Waals surface area contributed by atoms with Crippen molar-refractivity contribution in [2.45, 2.75) is 111 Å². The van der Waals surface area contributed by atoms with Crippen molar-refractivity contribution in [3.63, 3.8) is 0 Å². The van der Waals surface area contributed by atoms with Gasteiger partial charge in [0.2, 0.25) is 23.4 Å². The molecule has 4 N–H and O–H groups in total. The largest absolute Gasteiger partial charge is 0.508 e. The lowest BCUT2D eigenvalue weighted by molar-refractivity contribution is -0.189. The molecule has 360 valence electrons. The summed E-state index contributed by atoms with van der Waals surface area (Å²) in [6.45, 7) is 13.6. The van der Waals surface area contributed by atoms with Crippen LogP contribution in [-0.2, 0) is 59.3 Å². The van der Waals surface area contributed by atoms with Crippen LogP contribution in [0.2, 0.25) is 0 Å². The highest BCUT2D eigenvalue weighted by atomic mass is 16.6. The predicted octanol–water partition coefficient (Wildman–Crippen LogP) is 5.60. The number of ether oxygens (including phenoxy) is 2. The van der Waals surface area contributed by atoms with E-state index in [0.29, 0.717) is 56.5 Å². The average molecular weight is 921 g/mol. The van der Waals surface area contributed by atoms with Gasteiger partial charge in [-0.05, 0) is 90.6 Å². The van der Waals surface area contributed by atoms with Crippen molar-refractivity contribution in [2.24, 2.45) is 17.3 Å². The van der Waals surface area contributed by atoms with Gasteiger partial charge < -0.3 is 39.4 Å². The molecular formula is C52H68N6O9. The molecule has 67 heavy (non-hydrogen) atoms. The molecule has 6 bridgehead atoms. The minimum absolute atomic E-state index is 0.0249. The monoisotopic (exact) mass is 921 g/mol. The van der Waals surface area contributed by atoms with Crippen LogP contribution in [0.15, 0.2) is 60.7 Å². The van der Waals surface area contributed by atoms with Crippen LogP contribution >= 0.6 is 0 Å². The number of phenols is 1. The van der Waals surface area contributed by atoms with Crippen molar-refractivity contribution in [1.29, 1.82) is 0 Å². The molecule has 2 fully saturated rings. The Balaban J connectivity index is 1.32. The number of methoxy groups -OCH3 is 1. The van der Waals surface area contributed by atoms with Crippen LogP contribution in [0.5, 0.6) is 5.75 Å². The third kappa shape index (κ3) is 10.4. The second kappa shape index (κ2) is 20.2. The molecule has 0 saturated carbocycles. The number of likely N-dealkylation sites (N-methyl/N-ethyl adjacent to an activating group) is 1. The summed E-state index contributed by atoms with van der Waals surface area (Å²) in [7, 11) is 3.27.